The van der Waals surface area contributed by atoms with E-state index < -0.39 is 19.9 Å². The highest BCUT2D eigenvalue weighted by Gasteiger charge is 2.49. The molecule has 0 aliphatic carbocycles. The van der Waals surface area contributed by atoms with Gasteiger partial charge in [-0.15, -0.1) is 0 Å². The van der Waals surface area contributed by atoms with Crippen LogP contribution in [0, 0.1) is 22.7 Å². The number of ether oxygens (including phenoxy) is 1. The number of benzene rings is 2. The van der Waals surface area contributed by atoms with Crippen molar-refractivity contribution in [1.29, 1.82) is 10.5 Å². The lowest BCUT2D eigenvalue weighted by Gasteiger charge is -2.37. The Bertz CT molecular complexity index is 888. The van der Waals surface area contributed by atoms with E-state index in [4.69, 9.17) is 14.4 Å². The second-order valence-corrected chi connectivity index (χ2v) is 11.6. The van der Waals surface area contributed by atoms with Crippen molar-refractivity contribution >= 4 is 14.3 Å². The van der Waals surface area contributed by atoms with Gasteiger partial charge in [0.1, 0.15) is 12.7 Å². The van der Waals surface area contributed by atoms with E-state index in [0.717, 1.165) is 23.7 Å². The maximum Gasteiger partial charge on any atom is 0.357 e. The van der Waals surface area contributed by atoms with Crippen LogP contribution in [0.1, 0.15) is 37.5 Å². The lowest BCUT2D eigenvalue weighted by atomic mass is 9.94. The molecule has 2 aromatic rings. The lowest BCUT2D eigenvalue weighted by Crippen LogP contribution is -2.50. The first-order valence-electron chi connectivity index (χ1n) is 9.82. The fourth-order valence-corrected chi connectivity index (χ4v) is 6.08. The highest BCUT2D eigenvalue weighted by atomic mass is 28.4. The van der Waals surface area contributed by atoms with Gasteiger partial charge in [-0.1, -0.05) is 63.2 Å². The summed E-state index contributed by atoms with van der Waals surface area (Å²) in [6.45, 7) is 6.17. The van der Waals surface area contributed by atoms with Gasteiger partial charge < -0.3 is 9.16 Å². The molecule has 150 valence electrons. The van der Waals surface area contributed by atoms with Gasteiger partial charge in [0.05, 0.1) is 11.6 Å². The molecule has 0 aliphatic heterocycles. The molecule has 0 amide bonds. The van der Waals surface area contributed by atoms with Gasteiger partial charge >= 0.3 is 5.97 Å². The van der Waals surface area contributed by atoms with Crippen molar-refractivity contribution in [3.8, 4) is 12.1 Å². The second kappa shape index (κ2) is 10.0. The average molecular weight is 407 g/mol. The van der Waals surface area contributed by atoms with Gasteiger partial charge in [-0.2, -0.15) is 10.5 Å². The highest BCUT2D eigenvalue weighted by Crippen LogP contribution is 2.36. The average Bonchev–Trinajstić information content (AvgIpc) is 2.80. The summed E-state index contributed by atoms with van der Waals surface area (Å²) in [5, 5.41) is 19.2. The molecule has 0 unspecified atom stereocenters. The molecule has 0 radical (unpaired) electrons. The zero-order valence-electron chi connectivity index (χ0n) is 17.1. The summed E-state index contributed by atoms with van der Waals surface area (Å²) in [5.74, 6) is -0.721. The molecule has 2 rings (SSSR count). The standard InChI is InChI=1S/C23H26N2O3Si/c1-4-29(5-2,6-3)28-23(18-25,21-14-12-19(16-24)13-15-21)22(26)27-17-20-10-8-7-9-11-20/h7-15H,4-6,17H2,1-3H3/t23-/m1/s1. The first kappa shape index (κ1) is 22.4. The minimum Gasteiger partial charge on any atom is -0.458 e. The molecule has 0 bridgehead atoms. The van der Waals surface area contributed by atoms with Crippen LogP contribution in [0.25, 0.3) is 0 Å². The highest BCUT2D eigenvalue weighted by molar-refractivity contribution is 6.73. The number of nitrogens with zero attached hydrogens (tertiary/aromatic N) is 2. The van der Waals surface area contributed by atoms with E-state index in [9.17, 15) is 10.1 Å². The van der Waals surface area contributed by atoms with Crippen LogP contribution in [0.2, 0.25) is 18.1 Å². The minimum atomic E-state index is -2.34. The van der Waals surface area contributed by atoms with Crippen LogP contribution >= 0.6 is 0 Å². The summed E-state index contributed by atoms with van der Waals surface area (Å²) in [4.78, 5) is 13.2. The van der Waals surface area contributed by atoms with E-state index >= 15 is 0 Å². The van der Waals surface area contributed by atoms with E-state index in [1.165, 1.54) is 0 Å². The molecule has 29 heavy (non-hydrogen) atoms. The van der Waals surface area contributed by atoms with Gasteiger partial charge in [0.2, 0.25) is 0 Å². The van der Waals surface area contributed by atoms with Crippen LogP contribution < -0.4 is 0 Å². The van der Waals surface area contributed by atoms with Crippen molar-refractivity contribution in [2.45, 2.75) is 51.1 Å². The fraction of sp³-hybridized carbons (Fsp3) is 0.348. The van der Waals surface area contributed by atoms with Gasteiger partial charge in [0, 0.05) is 5.56 Å². The molecule has 0 aliphatic rings. The van der Waals surface area contributed by atoms with Crippen molar-refractivity contribution in [2.24, 2.45) is 0 Å². The molecule has 6 heteroatoms. The van der Waals surface area contributed by atoms with Crippen molar-refractivity contribution < 1.29 is 14.0 Å². The smallest absolute Gasteiger partial charge is 0.357 e. The summed E-state index contributed by atoms with van der Waals surface area (Å²) in [7, 11) is -2.34. The van der Waals surface area contributed by atoms with Crippen molar-refractivity contribution in [2.75, 3.05) is 0 Å². The van der Waals surface area contributed by atoms with Gasteiger partial charge in [0.15, 0.2) is 8.32 Å². The van der Waals surface area contributed by atoms with Crippen LogP contribution in [-0.4, -0.2) is 14.3 Å². The number of nitriles is 2. The molecular formula is C23H26N2O3Si. The number of hydrogen-bond donors (Lipinski definition) is 0. The normalized spacial score (nSPS) is 13.0. The monoisotopic (exact) mass is 406 g/mol. The van der Waals surface area contributed by atoms with Gasteiger partial charge in [-0.25, -0.2) is 4.79 Å². The van der Waals surface area contributed by atoms with Crippen molar-refractivity contribution in [1.82, 2.24) is 0 Å². The molecule has 0 heterocycles. The molecule has 0 N–H and O–H groups in total. The van der Waals surface area contributed by atoms with Crippen LogP contribution in [-0.2, 0) is 26.2 Å². The molecule has 0 saturated heterocycles. The van der Waals surface area contributed by atoms with Crippen LogP contribution in [0.4, 0.5) is 0 Å². The molecule has 1 atom stereocenters. The van der Waals surface area contributed by atoms with Crippen LogP contribution in [0.3, 0.4) is 0 Å². The molecule has 0 aromatic heterocycles. The first-order chi connectivity index (χ1) is 14.0. The maximum atomic E-state index is 13.2. The topological polar surface area (TPSA) is 83.1 Å². The second-order valence-electron chi connectivity index (χ2n) is 6.89. The quantitative estimate of drug-likeness (QED) is 0.430. The molecule has 0 fully saturated rings. The van der Waals surface area contributed by atoms with E-state index in [2.05, 4.69) is 12.1 Å². The third-order valence-corrected chi connectivity index (χ3v) is 9.99. The Kier molecular flexibility index (Phi) is 7.72. The summed E-state index contributed by atoms with van der Waals surface area (Å²) >= 11 is 0. The lowest BCUT2D eigenvalue weighted by molar-refractivity contribution is -0.160. The number of esters is 1. The van der Waals surface area contributed by atoms with E-state index in [-0.39, 0.29) is 6.61 Å². The Balaban J connectivity index is 2.46. The van der Waals surface area contributed by atoms with Crippen LogP contribution in [0.15, 0.2) is 54.6 Å². The number of hydrogen-bond acceptors (Lipinski definition) is 5. The Labute approximate surface area is 173 Å². The molecule has 5 nitrogen and oxygen atoms in total. The van der Waals surface area contributed by atoms with Gasteiger partial charge in [0.25, 0.3) is 5.60 Å². The summed E-state index contributed by atoms with van der Waals surface area (Å²) in [6, 6.07) is 22.2. The van der Waals surface area contributed by atoms with Gasteiger partial charge in [-0.05, 0) is 35.8 Å². The van der Waals surface area contributed by atoms with Crippen LogP contribution in [0.5, 0.6) is 0 Å². The molecule has 0 saturated carbocycles. The number of rotatable bonds is 9. The third kappa shape index (κ3) is 4.92. The molecule has 2 aromatic carbocycles. The zero-order valence-corrected chi connectivity index (χ0v) is 18.1. The Morgan fingerprint density at radius 2 is 1.55 bits per heavy atom. The maximum absolute atomic E-state index is 13.2. The first-order valence-corrected chi connectivity index (χ1v) is 12.3. The SMILES string of the molecule is CC[Si](CC)(CC)O[C@@](C#N)(C(=O)OCc1ccccc1)c1ccc(C#N)cc1. The largest absolute Gasteiger partial charge is 0.458 e. The summed E-state index contributed by atoms with van der Waals surface area (Å²) in [5.41, 5.74) is -0.179. The minimum absolute atomic E-state index is 0.0572. The molecule has 0 spiro atoms. The zero-order chi connectivity index (χ0) is 21.3. The summed E-state index contributed by atoms with van der Waals surface area (Å²) in [6.07, 6.45) is 0. The van der Waals surface area contributed by atoms with Gasteiger partial charge in [-0.3, -0.25) is 0 Å². The predicted octanol–water partition coefficient (Wildman–Crippen LogP) is 5.04. The Morgan fingerprint density at radius 3 is 2.03 bits per heavy atom. The van der Waals surface area contributed by atoms with E-state index in [1.807, 2.05) is 51.1 Å². The molecular weight excluding hydrogens is 380 g/mol. The number of carbonyl (C=O) groups is 1. The van der Waals surface area contributed by atoms with Crippen molar-refractivity contribution in [3.05, 3.63) is 71.3 Å². The van der Waals surface area contributed by atoms with E-state index in [1.54, 1.807) is 24.3 Å². The van der Waals surface area contributed by atoms with Crippen molar-refractivity contribution in [3.63, 3.8) is 0 Å². The van der Waals surface area contributed by atoms with E-state index in [0.29, 0.717) is 11.1 Å². The third-order valence-electron chi connectivity index (χ3n) is 5.38. The number of carbonyl (C=O) groups excluding carboxylic acids is 1. The predicted molar refractivity (Wildman–Crippen MR) is 113 cm³/mol. The Hall–Kier alpha value is -2.93. The summed E-state index contributed by atoms with van der Waals surface area (Å²) < 4.78 is 12.0. The Morgan fingerprint density at radius 1 is 0.966 bits per heavy atom. The fourth-order valence-electron chi connectivity index (χ4n) is 3.25.